The van der Waals surface area contributed by atoms with Crippen LogP contribution in [0.4, 0.5) is 4.79 Å². The molecule has 52 heavy (non-hydrogen) atoms. The Kier molecular flexibility index (Phi) is 12.3. The fourth-order valence-electron chi connectivity index (χ4n) is 6.36. The van der Waals surface area contributed by atoms with E-state index in [-0.39, 0.29) is 24.8 Å². The highest BCUT2D eigenvalue weighted by atomic mass is 35.5. The highest BCUT2D eigenvalue weighted by molar-refractivity contribution is 6.51. The van der Waals surface area contributed by atoms with Gasteiger partial charge in [-0.1, -0.05) is 63.9 Å². The van der Waals surface area contributed by atoms with E-state index in [0.717, 1.165) is 12.8 Å². The van der Waals surface area contributed by atoms with E-state index in [4.69, 9.17) is 27.9 Å². The second-order valence-corrected chi connectivity index (χ2v) is 17.6. The van der Waals surface area contributed by atoms with Crippen LogP contribution in [0.25, 0.3) is 0 Å². The van der Waals surface area contributed by atoms with Gasteiger partial charge in [-0.05, 0) is 44.1 Å². The fourth-order valence-corrected chi connectivity index (χ4v) is 7.18. The minimum atomic E-state index is -1.29. The number of fused-ring (bicyclic) bond motifs is 1. The number of nitrogens with zero attached hydrogens (tertiary/aromatic N) is 2. The van der Waals surface area contributed by atoms with Crippen LogP contribution in [0.1, 0.15) is 72.4 Å². The first-order valence-corrected chi connectivity index (χ1v) is 18.1. The molecule has 2 aliphatic carbocycles. The first-order valence-electron chi connectivity index (χ1n) is 17.4. The van der Waals surface area contributed by atoms with Gasteiger partial charge in [0.25, 0.3) is 5.91 Å². The summed E-state index contributed by atoms with van der Waals surface area (Å²) in [4.78, 5) is 95.8. The lowest BCUT2D eigenvalue weighted by Gasteiger charge is -2.37. The summed E-state index contributed by atoms with van der Waals surface area (Å²) in [6.45, 7) is 9.80. The van der Waals surface area contributed by atoms with Crippen molar-refractivity contribution in [3.8, 4) is 0 Å². The molecule has 1 saturated heterocycles. The number of hydrogen-bond donors (Lipinski definition) is 4. The number of carbonyl (C=O) groups excluding carboxylic acids is 7. The van der Waals surface area contributed by atoms with Gasteiger partial charge in [-0.15, -0.1) is 23.2 Å². The van der Waals surface area contributed by atoms with Crippen molar-refractivity contribution in [1.82, 2.24) is 31.1 Å². The van der Waals surface area contributed by atoms with E-state index in [1.807, 2.05) is 0 Å². The average molecular weight is 766 g/mol. The van der Waals surface area contributed by atoms with Gasteiger partial charge in [0.05, 0.1) is 12.6 Å². The van der Waals surface area contributed by atoms with Gasteiger partial charge in [-0.3, -0.25) is 28.8 Å². The molecule has 6 atom stereocenters. The highest BCUT2D eigenvalue weighted by Crippen LogP contribution is 2.65. The lowest BCUT2D eigenvalue weighted by Crippen LogP contribution is -2.61. The summed E-state index contributed by atoms with van der Waals surface area (Å²) in [7, 11) is 3.10. The molecule has 4 N–H and O–H groups in total. The molecular weight excluding hydrogens is 715 g/mol. The minimum Gasteiger partial charge on any atom is -0.444 e. The zero-order valence-corrected chi connectivity index (χ0v) is 32.4. The van der Waals surface area contributed by atoms with Crippen molar-refractivity contribution >= 4 is 64.6 Å². The van der Waals surface area contributed by atoms with Crippen LogP contribution in [0.5, 0.6) is 0 Å². The van der Waals surface area contributed by atoms with E-state index >= 15 is 0 Å². The predicted molar refractivity (Wildman–Crippen MR) is 193 cm³/mol. The summed E-state index contributed by atoms with van der Waals surface area (Å²) >= 11 is 13.1. The Morgan fingerprint density at radius 1 is 0.942 bits per heavy atom. The number of piperidine rings is 1. The number of ketones is 1. The third-order valence-electron chi connectivity index (χ3n) is 9.32. The Morgan fingerprint density at radius 3 is 2.10 bits per heavy atom. The number of carbonyl (C=O) groups is 7. The van der Waals surface area contributed by atoms with Crippen LogP contribution in [0.3, 0.4) is 0 Å². The van der Waals surface area contributed by atoms with Gasteiger partial charge in [0.2, 0.25) is 29.4 Å². The maximum absolute atomic E-state index is 14.1. The Balaban J connectivity index is 1.46. The molecule has 3 aliphatic rings. The van der Waals surface area contributed by atoms with Crippen LogP contribution in [-0.2, 0) is 33.5 Å². The summed E-state index contributed by atoms with van der Waals surface area (Å²) in [5.74, 6) is -5.43. The third-order valence-corrected chi connectivity index (χ3v) is 10.4. The summed E-state index contributed by atoms with van der Waals surface area (Å²) in [6, 6.07) is 4.02. The first kappa shape index (κ1) is 40.9. The number of halogens is 2. The largest absolute Gasteiger partial charge is 0.444 e. The molecule has 0 aromatic heterocycles. The normalized spacial score (nSPS) is 22.1. The fraction of sp³-hybridized carbons (Fsp3) is 0.639. The van der Waals surface area contributed by atoms with E-state index in [2.05, 4.69) is 21.3 Å². The van der Waals surface area contributed by atoms with Gasteiger partial charge in [0, 0.05) is 32.5 Å². The molecule has 3 fully saturated rings. The van der Waals surface area contributed by atoms with Crippen molar-refractivity contribution in [3.63, 3.8) is 0 Å². The number of rotatable bonds is 13. The SMILES string of the molecule is CN(C)C(=O)C(NC(=O)CNC(=O)C(=O)[C@H](CC1CC1)NC(=O)[C@@H]1[C@@H]2[C@H](CN1C(=O)[C@@H](NC(=O)OC(C)(C)C)C(C)(C)C)C2(Cl)Cl)c1ccccc1. The number of Topliss-reactive ketones (excluding diaryl/α,β-unsaturated/α-hetero) is 1. The molecule has 286 valence electrons. The lowest BCUT2D eigenvalue weighted by atomic mass is 9.85. The quantitative estimate of drug-likeness (QED) is 0.175. The van der Waals surface area contributed by atoms with Crippen molar-refractivity contribution in [2.24, 2.45) is 23.2 Å². The average Bonchev–Trinajstić information content (AvgIpc) is 3.90. The maximum atomic E-state index is 14.1. The number of alkyl halides is 2. The Labute approximate surface area is 314 Å². The number of alkyl carbamates (subject to hydrolysis) is 1. The van der Waals surface area contributed by atoms with Crippen LogP contribution < -0.4 is 21.3 Å². The molecule has 1 heterocycles. The minimum absolute atomic E-state index is 0.0360. The molecule has 0 bridgehead atoms. The van der Waals surface area contributed by atoms with Gasteiger partial charge in [0.1, 0.15) is 28.1 Å². The molecule has 0 radical (unpaired) electrons. The molecule has 2 saturated carbocycles. The van der Waals surface area contributed by atoms with Crippen LogP contribution in [0, 0.1) is 23.2 Å². The summed E-state index contributed by atoms with van der Waals surface area (Å²) in [6.07, 6.45) is 0.979. The number of likely N-dealkylation sites (N-methyl/N-ethyl adjacent to an activating group) is 1. The standard InChI is InChI=1S/C36H50Cl2N6O8/c1-34(2,3)28(42-33(51)52-35(4,5)6)32(50)44-18-21-24(36(21,37)38)26(44)29(47)40-22(16-19-14-15-19)27(46)30(48)39-17-23(45)41-25(31(49)43(7)8)20-12-10-9-11-13-20/h9-13,19,21-22,24-26,28H,14-18H2,1-8H3,(H,39,48)(H,40,47)(H,41,45)(H,42,51)/t21-,22-,24-,25?,26-,28+/m0/s1. The Bertz CT molecular complexity index is 1570. The van der Waals surface area contributed by atoms with Gasteiger partial charge >= 0.3 is 6.09 Å². The number of nitrogens with one attached hydrogen (secondary N) is 4. The number of hydrogen-bond acceptors (Lipinski definition) is 8. The Hall–Kier alpha value is -3.91. The third kappa shape index (κ3) is 9.94. The molecule has 1 aliphatic heterocycles. The van der Waals surface area contributed by atoms with Gasteiger partial charge < -0.3 is 35.8 Å². The topological polar surface area (TPSA) is 183 Å². The molecule has 16 heteroatoms. The summed E-state index contributed by atoms with van der Waals surface area (Å²) < 4.78 is 4.10. The molecule has 1 unspecified atom stereocenters. The van der Waals surface area contributed by atoms with E-state index in [9.17, 15) is 33.6 Å². The molecular formula is C36H50Cl2N6O8. The van der Waals surface area contributed by atoms with Crippen LogP contribution in [-0.4, -0.2) is 106 Å². The van der Waals surface area contributed by atoms with Crippen molar-refractivity contribution in [2.45, 2.75) is 94.9 Å². The van der Waals surface area contributed by atoms with Crippen molar-refractivity contribution in [1.29, 1.82) is 0 Å². The maximum Gasteiger partial charge on any atom is 0.408 e. The van der Waals surface area contributed by atoms with Crippen LogP contribution in [0.2, 0.25) is 0 Å². The molecule has 0 spiro atoms. The Morgan fingerprint density at radius 2 is 1.56 bits per heavy atom. The van der Waals surface area contributed by atoms with E-state index in [1.54, 1.807) is 86.0 Å². The monoisotopic (exact) mass is 764 g/mol. The molecule has 1 aromatic rings. The van der Waals surface area contributed by atoms with Gasteiger partial charge in [-0.25, -0.2) is 4.79 Å². The first-order chi connectivity index (χ1) is 24.0. The number of amides is 6. The van der Waals surface area contributed by atoms with Crippen molar-refractivity contribution in [3.05, 3.63) is 35.9 Å². The molecule has 1 aromatic carbocycles. The predicted octanol–water partition coefficient (Wildman–Crippen LogP) is 2.47. The lowest BCUT2D eigenvalue weighted by molar-refractivity contribution is -0.145. The molecule has 6 amide bonds. The zero-order valence-electron chi connectivity index (χ0n) is 30.9. The summed E-state index contributed by atoms with van der Waals surface area (Å²) in [5.41, 5.74) is -1.08. The zero-order chi connectivity index (χ0) is 38.9. The number of benzene rings is 1. The number of ether oxygens (including phenoxy) is 1. The van der Waals surface area contributed by atoms with E-state index in [0.29, 0.717) is 5.56 Å². The summed E-state index contributed by atoms with van der Waals surface area (Å²) in [5, 5.41) is 10.3. The molecule has 14 nitrogen and oxygen atoms in total. The van der Waals surface area contributed by atoms with E-state index < -0.39 is 93.4 Å². The van der Waals surface area contributed by atoms with Crippen LogP contribution >= 0.6 is 23.2 Å². The highest BCUT2D eigenvalue weighted by Gasteiger charge is 2.74. The second kappa shape index (κ2) is 15.6. The molecule has 4 rings (SSSR count). The smallest absolute Gasteiger partial charge is 0.408 e. The van der Waals surface area contributed by atoms with E-state index in [1.165, 1.54) is 9.80 Å². The van der Waals surface area contributed by atoms with Crippen molar-refractivity contribution in [2.75, 3.05) is 27.2 Å². The van der Waals surface area contributed by atoms with Gasteiger partial charge in [-0.2, -0.15) is 0 Å². The van der Waals surface area contributed by atoms with Crippen LogP contribution in [0.15, 0.2) is 30.3 Å². The van der Waals surface area contributed by atoms with Gasteiger partial charge in [0.15, 0.2) is 0 Å². The second-order valence-electron chi connectivity index (χ2n) is 16.1. The number of likely N-dealkylation sites (tertiary alicyclic amines) is 1. The van der Waals surface area contributed by atoms with Crippen molar-refractivity contribution < 1.29 is 38.3 Å².